The summed E-state index contributed by atoms with van der Waals surface area (Å²) in [7, 11) is 2.14. The number of furan rings is 1. The van der Waals surface area contributed by atoms with Crippen LogP contribution in [0.25, 0.3) is 11.5 Å². The molecule has 29 heavy (non-hydrogen) atoms. The standard InChI is InChI=1S/C20H28ClN7O/c1-4-5-8-19(28-11-9-27(3)10-12-28)24-20(22-15(2)21)23-18-14-16(25-26-18)17-7-6-13-29-17/h6-8,13-14H,4-5,9-12H2,1-3H3,(H2,23,24,25,26)/b19-8-,22-15?. The van der Waals surface area contributed by atoms with Crippen LogP contribution in [0, 0.1) is 0 Å². The van der Waals surface area contributed by atoms with Crippen molar-refractivity contribution in [2.75, 3.05) is 38.5 Å². The van der Waals surface area contributed by atoms with Crippen molar-refractivity contribution in [3.8, 4) is 11.5 Å². The first-order valence-electron chi connectivity index (χ1n) is 9.84. The van der Waals surface area contributed by atoms with Crippen molar-refractivity contribution in [1.82, 2.24) is 20.0 Å². The summed E-state index contributed by atoms with van der Waals surface area (Å²) in [6, 6.07) is 5.54. The van der Waals surface area contributed by atoms with Gasteiger partial charge in [-0.1, -0.05) is 24.9 Å². The van der Waals surface area contributed by atoms with Crippen LogP contribution in [0.15, 0.2) is 50.8 Å². The third kappa shape index (κ3) is 6.20. The summed E-state index contributed by atoms with van der Waals surface area (Å²) in [5, 5.41) is 10.8. The molecule has 9 heteroatoms. The molecule has 8 nitrogen and oxygen atoms in total. The molecule has 1 aliphatic heterocycles. The first kappa shape index (κ1) is 21.1. The summed E-state index contributed by atoms with van der Waals surface area (Å²) in [6.45, 7) is 7.75. The molecule has 0 spiro atoms. The Hall–Kier alpha value is -2.58. The Morgan fingerprint density at radius 1 is 1.34 bits per heavy atom. The Kier molecular flexibility index (Phi) is 7.48. The number of guanidine groups is 1. The number of aromatic nitrogens is 2. The van der Waals surface area contributed by atoms with Gasteiger partial charge in [0.05, 0.1) is 6.26 Å². The van der Waals surface area contributed by atoms with E-state index in [-0.39, 0.29) is 0 Å². The zero-order valence-corrected chi connectivity index (χ0v) is 17.9. The van der Waals surface area contributed by atoms with Crippen LogP contribution >= 0.6 is 11.6 Å². The first-order chi connectivity index (χ1) is 14.0. The van der Waals surface area contributed by atoms with E-state index in [0.717, 1.165) is 50.5 Å². The molecule has 0 aliphatic carbocycles. The van der Waals surface area contributed by atoms with Gasteiger partial charge in [-0.05, 0) is 38.6 Å². The summed E-state index contributed by atoms with van der Waals surface area (Å²) in [5.74, 6) is 2.61. The first-order valence-corrected chi connectivity index (χ1v) is 10.2. The molecule has 3 rings (SSSR count). The predicted molar refractivity (Wildman–Crippen MR) is 118 cm³/mol. The van der Waals surface area contributed by atoms with Gasteiger partial charge in [-0.2, -0.15) is 10.1 Å². The van der Waals surface area contributed by atoms with Gasteiger partial charge in [0.2, 0.25) is 5.96 Å². The van der Waals surface area contributed by atoms with E-state index in [0.29, 0.717) is 22.7 Å². The number of piperazine rings is 1. The van der Waals surface area contributed by atoms with E-state index < -0.39 is 0 Å². The second-order valence-electron chi connectivity index (χ2n) is 6.95. The fourth-order valence-corrected chi connectivity index (χ4v) is 3.03. The molecule has 1 fully saturated rings. The fraction of sp³-hybridized carbons (Fsp3) is 0.450. The van der Waals surface area contributed by atoms with Crippen molar-refractivity contribution in [3.63, 3.8) is 0 Å². The highest BCUT2D eigenvalue weighted by Gasteiger charge is 2.17. The SMILES string of the molecule is CCC/C=C(/N=C(N=C(C)Cl)Nc1cc(-c2ccco2)[nH]n1)N1CCN(C)CC1. The van der Waals surface area contributed by atoms with Crippen molar-refractivity contribution >= 4 is 28.5 Å². The maximum Gasteiger partial charge on any atom is 0.231 e. The zero-order chi connectivity index (χ0) is 20.6. The lowest BCUT2D eigenvalue weighted by Gasteiger charge is -2.34. The lowest BCUT2D eigenvalue weighted by molar-refractivity contribution is 0.185. The monoisotopic (exact) mass is 417 g/mol. The van der Waals surface area contributed by atoms with Crippen molar-refractivity contribution < 1.29 is 4.42 Å². The third-order valence-corrected chi connectivity index (χ3v) is 4.61. The molecule has 2 aromatic rings. The van der Waals surface area contributed by atoms with E-state index in [1.165, 1.54) is 0 Å². The number of hydrogen-bond acceptors (Lipinski definition) is 5. The molecule has 2 N–H and O–H groups in total. The number of H-pyrrole nitrogens is 1. The number of aliphatic imine (C=N–C) groups is 2. The van der Waals surface area contributed by atoms with Crippen LogP contribution in [0.3, 0.4) is 0 Å². The number of aromatic amines is 1. The normalized spacial score (nSPS) is 17.1. The minimum Gasteiger partial charge on any atom is -0.463 e. The van der Waals surface area contributed by atoms with Gasteiger partial charge >= 0.3 is 0 Å². The number of anilines is 1. The molecule has 1 saturated heterocycles. The Morgan fingerprint density at radius 3 is 2.79 bits per heavy atom. The molecule has 0 bridgehead atoms. The van der Waals surface area contributed by atoms with Gasteiger partial charge in [-0.3, -0.25) is 5.10 Å². The molecule has 1 aliphatic rings. The second kappa shape index (κ2) is 10.3. The van der Waals surface area contributed by atoms with Crippen LogP contribution < -0.4 is 5.32 Å². The number of rotatable bonds is 6. The predicted octanol–water partition coefficient (Wildman–Crippen LogP) is 3.98. The fourth-order valence-electron chi connectivity index (χ4n) is 2.95. The van der Waals surface area contributed by atoms with E-state index in [1.54, 1.807) is 13.2 Å². The van der Waals surface area contributed by atoms with E-state index in [4.69, 9.17) is 21.0 Å². The lowest BCUT2D eigenvalue weighted by atomic mass is 10.3. The molecule has 3 heterocycles. The summed E-state index contributed by atoms with van der Waals surface area (Å²) in [4.78, 5) is 13.8. The van der Waals surface area contributed by atoms with Gasteiger partial charge in [-0.25, -0.2) is 4.99 Å². The van der Waals surface area contributed by atoms with Gasteiger partial charge < -0.3 is 19.5 Å². The highest BCUT2D eigenvalue weighted by atomic mass is 35.5. The average molecular weight is 418 g/mol. The van der Waals surface area contributed by atoms with Gasteiger partial charge in [0.25, 0.3) is 0 Å². The minimum absolute atomic E-state index is 0.395. The summed E-state index contributed by atoms with van der Waals surface area (Å²) in [6.07, 6.45) is 5.79. The maximum atomic E-state index is 6.06. The Labute approximate surface area is 176 Å². The van der Waals surface area contributed by atoms with Gasteiger partial charge in [-0.15, -0.1) is 0 Å². The largest absolute Gasteiger partial charge is 0.463 e. The molecular weight excluding hydrogens is 390 g/mol. The number of hydrogen-bond donors (Lipinski definition) is 2. The minimum atomic E-state index is 0.395. The van der Waals surface area contributed by atoms with E-state index in [2.05, 4.69) is 50.4 Å². The number of allylic oxidation sites excluding steroid dienone is 1. The number of likely N-dealkylation sites (N-methyl/N-ethyl adjacent to an activating group) is 1. The Bertz CT molecular complexity index is 857. The van der Waals surface area contributed by atoms with Crippen molar-refractivity contribution in [2.45, 2.75) is 26.7 Å². The second-order valence-corrected chi connectivity index (χ2v) is 7.50. The van der Waals surface area contributed by atoms with Crippen LogP contribution in [-0.2, 0) is 0 Å². The summed E-state index contributed by atoms with van der Waals surface area (Å²) in [5.41, 5.74) is 0.768. The van der Waals surface area contributed by atoms with E-state index in [1.807, 2.05) is 18.2 Å². The van der Waals surface area contributed by atoms with Gasteiger partial charge in [0, 0.05) is 32.2 Å². The highest BCUT2D eigenvalue weighted by Crippen LogP contribution is 2.20. The van der Waals surface area contributed by atoms with Crippen LogP contribution in [-0.4, -0.2) is 64.4 Å². The van der Waals surface area contributed by atoms with Crippen LogP contribution in [0.5, 0.6) is 0 Å². The van der Waals surface area contributed by atoms with Crippen LogP contribution in [0.1, 0.15) is 26.7 Å². The molecule has 0 amide bonds. The van der Waals surface area contributed by atoms with Gasteiger partial charge in [0.1, 0.15) is 16.7 Å². The van der Waals surface area contributed by atoms with Crippen molar-refractivity contribution in [2.24, 2.45) is 9.98 Å². The molecule has 0 aromatic carbocycles. The molecular formula is C20H28ClN7O. The van der Waals surface area contributed by atoms with Crippen molar-refractivity contribution in [1.29, 1.82) is 0 Å². The lowest BCUT2D eigenvalue weighted by Crippen LogP contribution is -2.43. The maximum absolute atomic E-state index is 6.06. The quantitative estimate of drug-likeness (QED) is 0.548. The third-order valence-electron chi connectivity index (χ3n) is 4.53. The van der Waals surface area contributed by atoms with Gasteiger partial charge in [0.15, 0.2) is 11.6 Å². The Balaban J connectivity index is 1.83. The molecule has 2 aromatic heterocycles. The van der Waals surface area contributed by atoms with Crippen molar-refractivity contribution in [3.05, 3.63) is 36.4 Å². The van der Waals surface area contributed by atoms with Crippen LogP contribution in [0.2, 0.25) is 0 Å². The summed E-state index contributed by atoms with van der Waals surface area (Å²) >= 11 is 6.06. The number of unbranched alkanes of at least 4 members (excludes halogenated alkanes) is 1. The van der Waals surface area contributed by atoms with Crippen LogP contribution in [0.4, 0.5) is 5.82 Å². The smallest absolute Gasteiger partial charge is 0.231 e. The number of halogens is 1. The molecule has 0 saturated carbocycles. The molecule has 0 radical (unpaired) electrons. The number of nitrogens with zero attached hydrogens (tertiary/aromatic N) is 5. The molecule has 156 valence electrons. The molecule has 0 unspecified atom stereocenters. The summed E-state index contributed by atoms with van der Waals surface area (Å²) < 4.78 is 5.40. The van der Waals surface area contributed by atoms with E-state index in [9.17, 15) is 0 Å². The number of nitrogens with one attached hydrogen (secondary N) is 2. The molecule has 0 atom stereocenters. The topological polar surface area (TPSA) is 85.0 Å². The Morgan fingerprint density at radius 2 is 2.14 bits per heavy atom. The zero-order valence-electron chi connectivity index (χ0n) is 17.2. The average Bonchev–Trinajstić information content (AvgIpc) is 3.37. The van der Waals surface area contributed by atoms with E-state index >= 15 is 0 Å². The highest BCUT2D eigenvalue weighted by molar-refractivity contribution is 6.65.